The van der Waals surface area contributed by atoms with E-state index in [4.69, 9.17) is 9.73 Å². The third-order valence-electron chi connectivity index (χ3n) is 5.48. The van der Waals surface area contributed by atoms with Crippen molar-refractivity contribution in [3.8, 4) is 0 Å². The summed E-state index contributed by atoms with van der Waals surface area (Å²) in [5, 5.41) is 17.1. The smallest absolute Gasteiger partial charge is 0.191 e. The Bertz CT molecular complexity index is 616. The molecule has 1 aliphatic rings. The second-order valence-corrected chi connectivity index (χ2v) is 8.91. The number of hydrogen-bond acceptors (Lipinski definition) is 3. The molecule has 0 aliphatic heterocycles. The molecule has 0 heterocycles. The number of ether oxygens (including phenoxy) is 1. The Morgan fingerprint density at radius 1 is 1.18 bits per heavy atom. The monoisotopic (exact) mass is 389 g/mol. The van der Waals surface area contributed by atoms with Crippen LogP contribution < -0.4 is 10.6 Å². The predicted octanol–water partition coefficient (Wildman–Crippen LogP) is 3.78. The van der Waals surface area contributed by atoms with Gasteiger partial charge < -0.3 is 20.5 Å². The summed E-state index contributed by atoms with van der Waals surface area (Å²) in [6, 6.07) is 8.24. The molecule has 0 aromatic heterocycles. The van der Waals surface area contributed by atoms with Crippen LogP contribution in [0.5, 0.6) is 0 Å². The molecule has 1 fully saturated rings. The highest BCUT2D eigenvalue weighted by Gasteiger charge is 2.41. The Balaban J connectivity index is 1.88. The van der Waals surface area contributed by atoms with E-state index in [-0.39, 0.29) is 5.41 Å². The number of aliphatic imine (C=N–C) groups is 1. The topological polar surface area (TPSA) is 65.9 Å². The van der Waals surface area contributed by atoms with Crippen molar-refractivity contribution in [3.05, 3.63) is 35.4 Å². The largest absolute Gasteiger partial charge is 0.387 e. The van der Waals surface area contributed by atoms with Gasteiger partial charge in [-0.05, 0) is 55.1 Å². The van der Waals surface area contributed by atoms with Crippen LogP contribution >= 0.6 is 0 Å². The van der Waals surface area contributed by atoms with Crippen LogP contribution in [0.25, 0.3) is 0 Å². The van der Waals surface area contributed by atoms with Crippen LogP contribution in [0.4, 0.5) is 0 Å². The molecule has 2 rings (SSSR count). The van der Waals surface area contributed by atoms with Crippen molar-refractivity contribution in [2.45, 2.75) is 65.4 Å². The Kier molecular flexibility index (Phi) is 8.32. The summed E-state index contributed by atoms with van der Waals surface area (Å²) in [5.74, 6) is 0.774. The van der Waals surface area contributed by atoms with Crippen LogP contribution in [0, 0.1) is 5.41 Å². The number of aliphatic hydroxyl groups excluding tert-OH is 1. The highest BCUT2D eigenvalue weighted by atomic mass is 16.5. The summed E-state index contributed by atoms with van der Waals surface area (Å²) < 4.78 is 5.51. The van der Waals surface area contributed by atoms with Gasteiger partial charge in [0, 0.05) is 32.8 Å². The summed E-state index contributed by atoms with van der Waals surface area (Å²) in [6.07, 6.45) is 2.97. The average Bonchev–Trinajstić information content (AvgIpc) is 3.43. The van der Waals surface area contributed by atoms with E-state index in [0.29, 0.717) is 12.0 Å². The molecule has 28 heavy (non-hydrogen) atoms. The lowest BCUT2D eigenvalue weighted by molar-refractivity contribution is 0.129. The normalized spacial score (nSPS) is 17.3. The second kappa shape index (κ2) is 10.3. The molecule has 5 nitrogen and oxygen atoms in total. The molecular formula is C23H39N3O2. The van der Waals surface area contributed by atoms with Crippen LogP contribution in [0.3, 0.4) is 0 Å². The van der Waals surface area contributed by atoms with Crippen LogP contribution in [-0.2, 0) is 10.2 Å². The first-order valence-corrected chi connectivity index (χ1v) is 10.7. The molecule has 158 valence electrons. The molecule has 3 N–H and O–H groups in total. The van der Waals surface area contributed by atoms with Gasteiger partial charge in [0.25, 0.3) is 0 Å². The lowest BCUT2D eigenvalue weighted by Gasteiger charge is -2.21. The van der Waals surface area contributed by atoms with Gasteiger partial charge in [0.2, 0.25) is 0 Å². The number of rotatable bonds is 10. The van der Waals surface area contributed by atoms with Crippen LogP contribution in [0.1, 0.15) is 71.1 Å². The zero-order chi connectivity index (χ0) is 20.6. The summed E-state index contributed by atoms with van der Waals surface area (Å²) >= 11 is 0. The standard InChI is InChI=1S/C23H39N3O2/c1-6-24-21(26-17-23(12-13-23)14-15-28-7-2)25-16-20(27)18-8-10-19(11-9-18)22(3,4)5/h8-11,20,27H,6-7,12-17H2,1-5H3,(H2,24,25,26). The molecular weight excluding hydrogens is 350 g/mol. The van der Waals surface area contributed by atoms with Gasteiger partial charge in [0.15, 0.2) is 5.96 Å². The van der Waals surface area contributed by atoms with E-state index in [0.717, 1.165) is 44.2 Å². The third kappa shape index (κ3) is 7.10. The van der Waals surface area contributed by atoms with E-state index in [1.54, 1.807) is 0 Å². The molecule has 1 atom stereocenters. The average molecular weight is 390 g/mol. The molecule has 1 aliphatic carbocycles. The Morgan fingerprint density at radius 3 is 2.39 bits per heavy atom. The lowest BCUT2D eigenvalue weighted by Crippen LogP contribution is -2.39. The number of nitrogens with one attached hydrogen (secondary N) is 2. The minimum atomic E-state index is -0.564. The summed E-state index contributed by atoms with van der Waals surface area (Å²) in [6.45, 7) is 14.3. The van der Waals surface area contributed by atoms with Gasteiger partial charge in [-0.15, -0.1) is 0 Å². The predicted molar refractivity (Wildman–Crippen MR) is 117 cm³/mol. The SMILES string of the molecule is CCNC(=NCC1(CCOCC)CC1)NCC(O)c1ccc(C(C)(C)C)cc1. The van der Waals surface area contributed by atoms with Crippen molar-refractivity contribution in [3.63, 3.8) is 0 Å². The maximum absolute atomic E-state index is 10.6. The molecule has 0 radical (unpaired) electrons. The zero-order valence-electron chi connectivity index (χ0n) is 18.3. The van der Waals surface area contributed by atoms with Gasteiger partial charge in [-0.25, -0.2) is 0 Å². The molecule has 1 aromatic carbocycles. The zero-order valence-corrected chi connectivity index (χ0v) is 18.3. The highest BCUT2D eigenvalue weighted by molar-refractivity contribution is 5.79. The minimum Gasteiger partial charge on any atom is -0.387 e. The Labute approximate surface area is 171 Å². The summed E-state index contributed by atoms with van der Waals surface area (Å²) in [4.78, 5) is 4.77. The van der Waals surface area contributed by atoms with Crippen LogP contribution in [0.2, 0.25) is 0 Å². The molecule has 5 heteroatoms. The molecule has 1 unspecified atom stereocenters. The fraction of sp³-hybridized carbons (Fsp3) is 0.696. The van der Waals surface area contributed by atoms with Crippen molar-refractivity contribution < 1.29 is 9.84 Å². The van der Waals surface area contributed by atoms with Crippen LogP contribution in [-0.4, -0.2) is 43.9 Å². The summed E-state index contributed by atoms with van der Waals surface area (Å²) in [7, 11) is 0. The van der Waals surface area contributed by atoms with Crippen molar-refractivity contribution >= 4 is 5.96 Å². The minimum absolute atomic E-state index is 0.119. The second-order valence-electron chi connectivity index (χ2n) is 8.91. The number of hydrogen-bond donors (Lipinski definition) is 3. The lowest BCUT2D eigenvalue weighted by atomic mass is 9.86. The Morgan fingerprint density at radius 2 is 1.86 bits per heavy atom. The van der Waals surface area contributed by atoms with Gasteiger partial charge in [-0.3, -0.25) is 4.99 Å². The molecule has 0 bridgehead atoms. The van der Waals surface area contributed by atoms with Crippen molar-refractivity contribution in [2.24, 2.45) is 10.4 Å². The highest BCUT2D eigenvalue weighted by Crippen LogP contribution is 2.49. The first-order chi connectivity index (χ1) is 13.3. The molecule has 1 aromatic rings. The van der Waals surface area contributed by atoms with E-state index in [2.05, 4.69) is 50.5 Å². The van der Waals surface area contributed by atoms with E-state index >= 15 is 0 Å². The Hall–Kier alpha value is -1.59. The number of benzene rings is 1. The fourth-order valence-corrected chi connectivity index (χ4v) is 3.20. The van der Waals surface area contributed by atoms with E-state index in [1.807, 2.05) is 19.1 Å². The van der Waals surface area contributed by atoms with Gasteiger partial charge in [-0.1, -0.05) is 45.0 Å². The van der Waals surface area contributed by atoms with Crippen molar-refractivity contribution in [1.29, 1.82) is 0 Å². The van der Waals surface area contributed by atoms with E-state index < -0.39 is 6.10 Å². The van der Waals surface area contributed by atoms with Gasteiger partial charge >= 0.3 is 0 Å². The maximum atomic E-state index is 10.6. The van der Waals surface area contributed by atoms with E-state index in [1.165, 1.54) is 18.4 Å². The first kappa shape index (κ1) is 22.7. The fourth-order valence-electron chi connectivity index (χ4n) is 3.20. The molecule has 0 amide bonds. The summed E-state index contributed by atoms with van der Waals surface area (Å²) in [5.41, 5.74) is 2.63. The van der Waals surface area contributed by atoms with Crippen molar-refractivity contribution in [2.75, 3.05) is 32.8 Å². The maximum Gasteiger partial charge on any atom is 0.191 e. The number of aliphatic hydroxyl groups is 1. The van der Waals surface area contributed by atoms with Crippen molar-refractivity contribution in [1.82, 2.24) is 10.6 Å². The quantitative estimate of drug-likeness (QED) is 0.324. The van der Waals surface area contributed by atoms with E-state index in [9.17, 15) is 5.11 Å². The molecule has 1 saturated carbocycles. The molecule has 0 spiro atoms. The number of nitrogens with zero attached hydrogens (tertiary/aromatic N) is 1. The van der Waals surface area contributed by atoms with Gasteiger partial charge in [0.05, 0.1) is 6.10 Å². The van der Waals surface area contributed by atoms with Crippen LogP contribution in [0.15, 0.2) is 29.3 Å². The first-order valence-electron chi connectivity index (χ1n) is 10.7. The number of guanidine groups is 1. The van der Waals surface area contributed by atoms with Gasteiger partial charge in [0.1, 0.15) is 0 Å². The van der Waals surface area contributed by atoms with Gasteiger partial charge in [-0.2, -0.15) is 0 Å². The third-order valence-corrected chi connectivity index (χ3v) is 5.48. The molecule has 0 saturated heterocycles.